The standard InChI is InChI=1S/C34H27ClN4O5S2/c1-45-46-13-12-43-34(42)44-30-17-29-31(23-8-4-3-7-22(23)30)24(35)18-39(29)33(41)28-16-20-14-21(10-11-26(20)38-28)36-32(40)27-15-19-6-2-5-9-25(19)37-27/h2-11,14-17,24,37-38H,12-13,18H2,1H3,(H,36,40). The molecule has 3 heterocycles. The fourth-order valence-corrected chi connectivity index (χ4v) is 7.15. The van der Waals surface area contributed by atoms with Gasteiger partial charge in [0.05, 0.1) is 11.1 Å². The molecule has 0 fully saturated rings. The Morgan fingerprint density at radius 3 is 2.48 bits per heavy atom. The van der Waals surface area contributed by atoms with E-state index in [0.29, 0.717) is 33.9 Å². The lowest BCUT2D eigenvalue weighted by atomic mass is 10.0. The number of rotatable bonds is 8. The number of benzene rings is 4. The molecule has 3 N–H and O–H groups in total. The SMILES string of the molecule is CSSCCOC(=O)Oc1cc2c(c3ccccc13)C(Cl)CN2C(=O)c1cc2cc(NC(=O)c3cc4ccccc4[nH]3)ccc2[nH]1. The van der Waals surface area contributed by atoms with E-state index in [9.17, 15) is 14.4 Å². The molecule has 0 saturated carbocycles. The van der Waals surface area contributed by atoms with E-state index in [-0.39, 0.29) is 30.7 Å². The highest BCUT2D eigenvalue weighted by molar-refractivity contribution is 8.76. The van der Waals surface area contributed by atoms with E-state index in [1.165, 1.54) is 0 Å². The van der Waals surface area contributed by atoms with Crippen molar-refractivity contribution in [1.29, 1.82) is 0 Å². The van der Waals surface area contributed by atoms with E-state index in [2.05, 4.69) is 15.3 Å². The van der Waals surface area contributed by atoms with Crippen molar-refractivity contribution in [2.75, 3.05) is 35.4 Å². The Bertz CT molecular complexity index is 2110. The first-order valence-electron chi connectivity index (χ1n) is 14.4. The number of nitrogens with zero attached hydrogens (tertiary/aromatic N) is 1. The second-order valence-corrected chi connectivity index (χ2v) is 13.8. The molecule has 0 spiro atoms. The summed E-state index contributed by atoms with van der Waals surface area (Å²) < 4.78 is 10.9. The number of carbonyl (C=O) groups is 3. The van der Waals surface area contributed by atoms with Crippen molar-refractivity contribution in [2.24, 2.45) is 0 Å². The summed E-state index contributed by atoms with van der Waals surface area (Å²) in [6, 6.07) is 25.8. The monoisotopic (exact) mass is 670 g/mol. The van der Waals surface area contributed by atoms with Crippen LogP contribution in [0.5, 0.6) is 5.75 Å². The number of ether oxygens (including phenoxy) is 2. The molecule has 1 unspecified atom stereocenters. The fraction of sp³-hybridized carbons (Fsp3) is 0.147. The van der Waals surface area contributed by atoms with Crippen molar-refractivity contribution in [3.63, 3.8) is 0 Å². The Morgan fingerprint density at radius 2 is 1.65 bits per heavy atom. The molecule has 1 aliphatic rings. The minimum atomic E-state index is -0.812. The van der Waals surface area contributed by atoms with Crippen LogP contribution in [0.4, 0.5) is 16.2 Å². The molecule has 0 saturated heterocycles. The van der Waals surface area contributed by atoms with Crippen LogP contribution in [0.15, 0.2) is 84.9 Å². The van der Waals surface area contributed by atoms with Crippen LogP contribution < -0.4 is 15.0 Å². The number of hydrogen-bond donors (Lipinski definition) is 3. The van der Waals surface area contributed by atoms with Crippen molar-refractivity contribution in [3.8, 4) is 5.75 Å². The number of para-hydroxylation sites is 1. The van der Waals surface area contributed by atoms with E-state index in [1.54, 1.807) is 44.7 Å². The topological polar surface area (TPSA) is 117 Å². The van der Waals surface area contributed by atoms with Crippen LogP contribution in [-0.4, -0.2) is 53.1 Å². The van der Waals surface area contributed by atoms with Crippen molar-refractivity contribution in [3.05, 3.63) is 102 Å². The number of fused-ring (bicyclic) bond motifs is 5. The molecule has 7 rings (SSSR count). The smallest absolute Gasteiger partial charge is 0.433 e. The van der Waals surface area contributed by atoms with E-state index in [1.807, 2.05) is 73.0 Å². The maximum Gasteiger partial charge on any atom is 0.513 e. The molecule has 0 aliphatic carbocycles. The number of hydrogen-bond acceptors (Lipinski definition) is 7. The van der Waals surface area contributed by atoms with Crippen LogP contribution in [0.25, 0.3) is 32.6 Å². The molecule has 1 aliphatic heterocycles. The highest BCUT2D eigenvalue weighted by Crippen LogP contribution is 2.47. The van der Waals surface area contributed by atoms with E-state index in [0.717, 1.165) is 32.8 Å². The number of aromatic nitrogens is 2. The van der Waals surface area contributed by atoms with Gasteiger partial charge in [-0.25, -0.2) is 4.79 Å². The van der Waals surface area contributed by atoms with E-state index in [4.69, 9.17) is 21.1 Å². The van der Waals surface area contributed by atoms with Gasteiger partial charge in [-0.05, 0) is 48.0 Å². The first-order chi connectivity index (χ1) is 22.4. The third-order valence-corrected chi connectivity index (χ3v) is 9.93. The molecule has 0 radical (unpaired) electrons. The minimum Gasteiger partial charge on any atom is -0.433 e. The number of H-pyrrole nitrogens is 2. The third-order valence-electron chi connectivity index (χ3n) is 7.80. The lowest BCUT2D eigenvalue weighted by Crippen LogP contribution is -2.29. The van der Waals surface area contributed by atoms with Crippen molar-refractivity contribution >= 4 is 95.1 Å². The number of anilines is 2. The zero-order valence-corrected chi connectivity index (χ0v) is 26.9. The van der Waals surface area contributed by atoms with Gasteiger partial charge in [0.1, 0.15) is 23.7 Å². The normalized spacial score (nSPS) is 14.1. The summed E-state index contributed by atoms with van der Waals surface area (Å²) in [5, 5.41) is 5.66. The average molecular weight is 671 g/mol. The molecule has 6 aromatic rings. The number of aromatic amines is 2. The summed E-state index contributed by atoms with van der Waals surface area (Å²) in [6.45, 7) is 0.455. The highest BCUT2D eigenvalue weighted by Gasteiger charge is 2.35. The summed E-state index contributed by atoms with van der Waals surface area (Å²) in [7, 11) is 3.18. The molecule has 2 amide bonds. The second kappa shape index (κ2) is 12.7. The van der Waals surface area contributed by atoms with Crippen LogP contribution in [0.3, 0.4) is 0 Å². The van der Waals surface area contributed by atoms with Gasteiger partial charge in [0.25, 0.3) is 11.8 Å². The zero-order valence-electron chi connectivity index (χ0n) is 24.5. The van der Waals surface area contributed by atoms with Gasteiger partial charge in [-0.2, -0.15) is 0 Å². The largest absolute Gasteiger partial charge is 0.513 e. The summed E-state index contributed by atoms with van der Waals surface area (Å²) >= 11 is 6.84. The molecule has 2 aromatic heterocycles. The Balaban J connectivity index is 1.14. The lowest BCUT2D eigenvalue weighted by molar-refractivity contribution is 0.0983. The van der Waals surface area contributed by atoms with Gasteiger partial charge in [0.2, 0.25) is 0 Å². The lowest BCUT2D eigenvalue weighted by Gasteiger charge is -2.18. The van der Waals surface area contributed by atoms with Crippen molar-refractivity contribution < 1.29 is 23.9 Å². The Hall–Kier alpha value is -4.58. The molecular formula is C34H27ClN4O5S2. The van der Waals surface area contributed by atoms with Gasteiger partial charge < -0.3 is 29.7 Å². The van der Waals surface area contributed by atoms with Crippen LogP contribution >= 0.6 is 33.2 Å². The van der Waals surface area contributed by atoms with Gasteiger partial charge in [-0.15, -0.1) is 11.6 Å². The Labute approximate surface area is 276 Å². The first kappa shape index (κ1) is 30.1. The predicted octanol–water partition coefficient (Wildman–Crippen LogP) is 8.52. The van der Waals surface area contributed by atoms with Gasteiger partial charge in [-0.1, -0.05) is 64.1 Å². The Kier molecular flexibility index (Phi) is 8.29. The molecule has 46 heavy (non-hydrogen) atoms. The maximum absolute atomic E-state index is 14.0. The van der Waals surface area contributed by atoms with Gasteiger partial charge in [-0.3, -0.25) is 9.59 Å². The number of nitrogens with one attached hydrogen (secondary N) is 3. The minimum absolute atomic E-state index is 0.219. The molecule has 12 heteroatoms. The number of halogens is 1. The molecule has 9 nitrogen and oxygen atoms in total. The van der Waals surface area contributed by atoms with Crippen LogP contribution in [0, 0.1) is 0 Å². The summed E-state index contributed by atoms with van der Waals surface area (Å²) in [5.41, 5.74) is 4.37. The Morgan fingerprint density at radius 1 is 0.913 bits per heavy atom. The molecule has 0 bridgehead atoms. The second-order valence-electron chi connectivity index (χ2n) is 10.6. The summed E-state index contributed by atoms with van der Waals surface area (Å²) in [4.78, 5) is 47.4. The van der Waals surface area contributed by atoms with E-state index >= 15 is 0 Å². The number of amides is 2. The predicted molar refractivity (Wildman–Crippen MR) is 187 cm³/mol. The van der Waals surface area contributed by atoms with Gasteiger partial charge in [0, 0.05) is 56.8 Å². The number of carbonyl (C=O) groups excluding carboxylic acids is 3. The third kappa shape index (κ3) is 5.77. The molecular weight excluding hydrogens is 644 g/mol. The highest BCUT2D eigenvalue weighted by atomic mass is 35.5. The number of alkyl halides is 1. The van der Waals surface area contributed by atoms with Crippen molar-refractivity contribution in [2.45, 2.75) is 5.38 Å². The van der Waals surface area contributed by atoms with E-state index < -0.39 is 11.5 Å². The summed E-state index contributed by atoms with van der Waals surface area (Å²) in [6.07, 6.45) is 1.14. The molecule has 232 valence electrons. The zero-order chi connectivity index (χ0) is 31.8. The first-order valence-corrected chi connectivity index (χ1v) is 17.6. The van der Waals surface area contributed by atoms with Gasteiger partial charge >= 0.3 is 6.16 Å². The maximum atomic E-state index is 14.0. The summed E-state index contributed by atoms with van der Waals surface area (Å²) in [5.74, 6) is 0.367. The average Bonchev–Trinajstić information content (AvgIpc) is 3.78. The molecule has 1 atom stereocenters. The van der Waals surface area contributed by atoms with Gasteiger partial charge in [0.15, 0.2) is 0 Å². The van der Waals surface area contributed by atoms with Crippen molar-refractivity contribution in [1.82, 2.24) is 9.97 Å². The molecule has 4 aromatic carbocycles. The quantitative estimate of drug-likeness (QED) is 0.0489. The van der Waals surface area contributed by atoms with Crippen LogP contribution in [0.2, 0.25) is 0 Å². The van der Waals surface area contributed by atoms with Crippen LogP contribution in [0.1, 0.15) is 31.9 Å². The fourth-order valence-electron chi connectivity index (χ4n) is 5.76. The van der Waals surface area contributed by atoms with Crippen LogP contribution in [-0.2, 0) is 4.74 Å².